The molecule has 27 heavy (non-hydrogen) atoms. The number of hydrogen-bond donors (Lipinski definition) is 1. The number of likely N-dealkylation sites (tertiary alicyclic amines) is 1. The molecular formula is C18H22FN5O3. The van der Waals surface area contributed by atoms with Crippen molar-refractivity contribution in [3.8, 4) is 5.69 Å². The maximum Gasteiger partial charge on any atom is 0.407 e. The first-order valence-electron chi connectivity index (χ1n) is 9.19. The lowest BCUT2D eigenvalue weighted by atomic mass is 9.91. The number of aromatic nitrogens is 4. The van der Waals surface area contributed by atoms with E-state index in [4.69, 9.17) is 9.84 Å². The van der Waals surface area contributed by atoms with Gasteiger partial charge in [0, 0.05) is 24.7 Å². The summed E-state index contributed by atoms with van der Waals surface area (Å²) in [6.07, 6.45) is 3.58. The van der Waals surface area contributed by atoms with E-state index < -0.39 is 6.09 Å². The van der Waals surface area contributed by atoms with Crippen molar-refractivity contribution in [3.05, 3.63) is 35.9 Å². The number of halogens is 1. The summed E-state index contributed by atoms with van der Waals surface area (Å²) < 4.78 is 21.4. The molecule has 2 aromatic rings. The van der Waals surface area contributed by atoms with E-state index in [1.807, 2.05) is 0 Å². The summed E-state index contributed by atoms with van der Waals surface area (Å²) in [5.41, 5.74) is 1.08. The Morgan fingerprint density at radius 1 is 1.33 bits per heavy atom. The fourth-order valence-electron chi connectivity index (χ4n) is 3.95. The lowest BCUT2D eigenvalue weighted by Gasteiger charge is -2.30. The minimum atomic E-state index is -0.822. The van der Waals surface area contributed by atoms with Gasteiger partial charge in [-0.1, -0.05) is 6.07 Å². The van der Waals surface area contributed by atoms with Crippen molar-refractivity contribution in [2.75, 3.05) is 19.7 Å². The molecule has 1 saturated heterocycles. The maximum atomic E-state index is 14.2. The zero-order valence-electron chi connectivity index (χ0n) is 14.9. The van der Waals surface area contributed by atoms with Crippen molar-refractivity contribution in [1.29, 1.82) is 0 Å². The fourth-order valence-corrected chi connectivity index (χ4v) is 3.95. The van der Waals surface area contributed by atoms with Crippen LogP contribution in [0.3, 0.4) is 0 Å². The molecule has 1 amide bonds. The molecule has 8 nitrogen and oxygen atoms in total. The van der Waals surface area contributed by atoms with Crippen LogP contribution < -0.4 is 0 Å². The Morgan fingerprint density at radius 3 is 2.81 bits per heavy atom. The normalized spacial score (nSPS) is 22.8. The molecule has 2 heterocycles. The number of carbonyl (C=O) groups is 1. The monoisotopic (exact) mass is 375 g/mol. The van der Waals surface area contributed by atoms with E-state index >= 15 is 0 Å². The van der Waals surface area contributed by atoms with E-state index in [1.165, 1.54) is 22.0 Å². The Labute approximate surface area is 155 Å². The average molecular weight is 375 g/mol. The summed E-state index contributed by atoms with van der Waals surface area (Å²) in [5.74, 6) is 1.38. The molecule has 4 rings (SSSR count). The molecule has 1 aromatic carbocycles. The SMILES string of the molecule is O=C(O)N1CCC([C@H]2C[C@H]2COCc2ccc(-n3cnnn3)cc2F)CC1. The van der Waals surface area contributed by atoms with Gasteiger partial charge in [-0.2, -0.15) is 0 Å². The third-order valence-electron chi connectivity index (χ3n) is 5.63. The van der Waals surface area contributed by atoms with Crippen molar-refractivity contribution in [3.63, 3.8) is 0 Å². The molecule has 1 N–H and O–H groups in total. The van der Waals surface area contributed by atoms with Gasteiger partial charge in [-0.3, -0.25) is 0 Å². The van der Waals surface area contributed by atoms with Gasteiger partial charge in [0.2, 0.25) is 0 Å². The summed E-state index contributed by atoms with van der Waals surface area (Å²) in [7, 11) is 0. The van der Waals surface area contributed by atoms with Gasteiger partial charge in [0.05, 0.1) is 18.9 Å². The molecule has 0 bridgehead atoms. The topological polar surface area (TPSA) is 93.4 Å². The molecule has 1 aliphatic heterocycles. The number of ether oxygens (including phenoxy) is 1. The summed E-state index contributed by atoms with van der Waals surface area (Å²) in [6.45, 7) is 2.12. The van der Waals surface area contributed by atoms with Crippen LogP contribution >= 0.6 is 0 Å². The molecule has 0 radical (unpaired) electrons. The quantitative estimate of drug-likeness (QED) is 0.833. The number of rotatable bonds is 6. The Kier molecular flexibility index (Phi) is 5.02. The van der Waals surface area contributed by atoms with Gasteiger partial charge in [-0.25, -0.2) is 13.9 Å². The van der Waals surface area contributed by atoms with Crippen LogP contribution in [0.1, 0.15) is 24.8 Å². The highest BCUT2D eigenvalue weighted by molar-refractivity contribution is 5.64. The predicted molar refractivity (Wildman–Crippen MR) is 92.7 cm³/mol. The zero-order valence-corrected chi connectivity index (χ0v) is 14.9. The summed E-state index contributed by atoms with van der Waals surface area (Å²) in [4.78, 5) is 12.5. The van der Waals surface area contributed by atoms with Crippen molar-refractivity contribution in [1.82, 2.24) is 25.1 Å². The summed E-state index contributed by atoms with van der Waals surface area (Å²) in [6, 6.07) is 4.85. The Hall–Kier alpha value is -2.55. The second kappa shape index (κ2) is 7.59. The Morgan fingerprint density at radius 2 is 2.15 bits per heavy atom. The molecule has 2 aliphatic rings. The van der Waals surface area contributed by atoms with Crippen LogP contribution in [0.2, 0.25) is 0 Å². The number of tetrazole rings is 1. The molecule has 2 fully saturated rings. The van der Waals surface area contributed by atoms with Gasteiger partial charge in [-0.15, -0.1) is 5.10 Å². The largest absolute Gasteiger partial charge is 0.465 e. The lowest BCUT2D eigenvalue weighted by molar-refractivity contribution is 0.0952. The summed E-state index contributed by atoms with van der Waals surface area (Å²) >= 11 is 0. The van der Waals surface area contributed by atoms with Gasteiger partial charge in [0.1, 0.15) is 12.1 Å². The third-order valence-corrected chi connectivity index (χ3v) is 5.63. The Bertz CT molecular complexity index is 792. The molecule has 9 heteroatoms. The van der Waals surface area contributed by atoms with Crippen LogP contribution in [0.4, 0.5) is 9.18 Å². The number of amides is 1. The van der Waals surface area contributed by atoms with Crippen molar-refractivity contribution in [2.24, 2.45) is 17.8 Å². The second-order valence-corrected chi connectivity index (χ2v) is 7.31. The van der Waals surface area contributed by atoms with Gasteiger partial charge in [-0.05, 0) is 53.5 Å². The molecule has 144 valence electrons. The van der Waals surface area contributed by atoms with Gasteiger partial charge in [0.15, 0.2) is 0 Å². The van der Waals surface area contributed by atoms with E-state index in [0.717, 1.165) is 19.3 Å². The maximum absolute atomic E-state index is 14.2. The highest BCUT2D eigenvalue weighted by Gasteiger charge is 2.43. The lowest BCUT2D eigenvalue weighted by Crippen LogP contribution is -2.38. The van der Waals surface area contributed by atoms with Crippen molar-refractivity contribution in [2.45, 2.75) is 25.9 Å². The first kappa shape index (κ1) is 17.8. The first-order valence-corrected chi connectivity index (χ1v) is 9.19. The number of nitrogens with zero attached hydrogens (tertiary/aromatic N) is 5. The third kappa shape index (κ3) is 4.08. The Balaban J connectivity index is 1.22. The standard InChI is InChI=1S/C18H22FN5O3/c19-17-8-15(24-11-20-21-22-24)2-1-13(17)9-27-10-14-7-16(14)12-3-5-23(6-4-12)18(25)26/h1-2,8,11-12,14,16H,3-7,9-10H2,(H,25,26)/t14-,16+/m0/s1. The van der Waals surface area contributed by atoms with Gasteiger partial charge < -0.3 is 14.7 Å². The zero-order chi connectivity index (χ0) is 18.8. The number of benzene rings is 1. The second-order valence-electron chi connectivity index (χ2n) is 7.31. The molecular weight excluding hydrogens is 353 g/mol. The minimum Gasteiger partial charge on any atom is -0.465 e. The molecule has 1 aliphatic carbocycles. The van der Waals surface area contributed by atoms with E-state index in [2.05, 4.69) is 15.5 Å². The van der Waals surface area contributed by atoms with Gasteiger partial charge in [0.25, 0.3) is 0 Å². The molecule has 1 saturated carbocycles. The number of hydrogen-bond acceptors (Lipinski definition) is 5. The van der Waals surface area contributed by atoms with Crippen molar-refractivity contribution >= 4 is 6.09 Å². The molecule has 1 aromatic heterocycles. The van der Waals surface area contributed by atoms with E-state index in [-0.39, 0.29) is 12.4 Å². The van der Waals surface area contributed by atoms with Crippen LogP contribution in [0.15, 0.2) is 24.5 Å². The van der Waals surface area contributed by atoms with Crippen LogP contribution in [0.25, 0.3) is 5.69 Å². The molecule has 2 atom stereocenters. The van der Waals surface area contributed by atoms with Crippen LogP contribution in [-0.2, 0) is 11.3 Å². The van der Waals surface area contributed by atoms with Gasteiger partial charge >= 0.3 is 6.09 Å². The highest BCUT2D eigenvalue weighted by atomic mass is 19.1. The number of piperidine rings is 1. The predicted octanol–water partition coefficient (Wildman–Crippen LogP) is 2.34. The van der Waals surface area contributed by atoms with Crippen LogP contribution in [0.5, 0.6) is 0 Å². The highest BCUT2D eigenvalue weighted by Crippen LogP contribution is 2.48. The minimum absolute atomic E-state index is 0.238. The smallest absolute Gasteiger partial charge is 0.407 e. The number of carboxylic acid groups (broad SMARTS) is 1. The van der Waals surface area contributed by atoms with Crippen LogP contribution in [-0.4, -0.2) is 56.0 Å². The van der Waals surface area contributed by atoms with E-state index in [9.17, 15) is 9.18 Å². The summed E-state index contributed by atoms with van der Waals surface area (Å²) in [5, 5.41) is 19.8. The van der Waals surface area contributed by atoms with E-state index in [0.29, 0.717) is 48.7 Å². The van der Waals surface area contributed by atoms with Crippen LogP contribution in [0, 0.1) is 23.6 Å². The molecule has 0 spiro atoms. The van der Waals surface area contributed by atoms with E-state index in [1.54, 1.807) is 12.1 Å². The molecule has 0 unspecified atom stereocenters. The van der Waals surface area contributed by atoms with Crippen molar-refractivity contribution < 1.29 is 19.0 Å². The first-order chi connectivity index (χ1) is 13.1. The fraction of sp³-hybridized carbons (Fsp3) is 0.556. The average Bonchev–Trinajstić information content (AvgIpc) is 3.22.